The zero-order valence-corrected chi connectivity index (χ0v) is 22.9. The van der Waals surface area contributed by atoms with Gasteiger partial charge in [0.15, 0.2) is 0 Å². The minimum Gasteiger partial charge on any atom is -0.492 e. The first-order chi connectivity index (χ1) is 19.3. The van der Waals surface area contributed by atoms with Gasteiger partial charge in [0.05, 0.1) is 44.7 Å². The summed E-state index contributed by atoms with van der Waals surface area (Å²) in [6.45, 7) is 6.26. The van der Waals surface area contributed by atoms with Gasteiger partial charge in [-0.25, -0.2) is 4.98 Å². The number of carbonyl (C=O) groups excluding carboxylic acids is 1. The van der Waals surface area contributed by atoms with Gasteiger partial charge in [0.2, 0.25) is 0 Å². The molecule has 0 spiro atoms. The van der Waals surface area contributed by atoms with Crippen molar-refractivity contribution in [1.29, 1.82) is 0 Å². The van der Waals surface area contributed by atoms with E-state index in [-0.39, 0.29) is 33.8 Å². The van der Waals surface area contributed by atoms with Crippen molar-refractivity contribution in [2.45, 2.75) is 19.9 Å². The van der Waals surface area contributed by atoms with E-state index in [1.54, 1.807) is 15.5 Å². The predicted molar refractivity (Wildman–Crippen MR) is 153 cm³/mol. The van der Waals surface area contributed by atoms with Gasteiger partial charge in [-0.2, -0.15) is 0 Å². The number of nitrogens with zero attached hydrogens (tertiary/aromatic N) is 5. The molecule has 1 amide bonds. The number of non-ortho nitro benzene ring substituents is 1. The number of hydrogen-bond acceptors (Lipinski definition) is 7. The maximum Gasteiger partial charge on any atom is 0.270 e. The minimum atomic E-state index is -0.548. The molecule has 0 N–H and O–H groups in total. The molecular weight excluding hydrogens is 534 g/mol. The maximum atomic E-state index is 13.8. The van der Waals surface area contributed by atoms with Gasteiger partial charge in [-0.1, -0.05) is 35.9 Å². The van der Waals surface area contributed by atoms with Crippen LogP contribution in [0.15, 0.2) is 71.5 Å². The summed E-state index contributed by atoms with van der Waals surface area (Å²) in [5, 5.41) is 11.6. The highest BCUT2D eigenvalue weighted by Gasteiger charge is 2.30. The Hall–Kier alpha value is -4.28. The number of fused-ring (bicyclic) bond motifs is 1. The average molecular weight is 562 g/mol. The van der Waals surface area contributed by atoms with E-state index in [2.05, 4.69) is 4.90 Å². The molecule has 40 heavy (non-hydrogen) atoms. The zero-order chi connectivity index (χ0) is 28.4. The molecule has 0 bridgehead atoms. The Morgan fingerprint density at radius 3 is 2.48 bits per heavy atom. The number of benzene rings is 3. The first kappa shape index (κ1) is 27.3. The summed E-state index contributed by atoms with van der Waals surface area (Å²) in [5.74, 6) is 0.889. The Balaban J connectivity index is 1.44. The van der Waals surface area contributed by atoms with E-state index in [0.717, 1.165) is 0 Å². The standard InChI is InChI=1S/C29H28ClN5O5/c1-3-40-26-11-7-6-10-25(26)34-27(31-24-9-5-4-8-22(24)29(34)37)19(2)32-14-16-33(17-15-32)28(36)21-13-12-20(35(38)39)18-23(21)30/h4-13,18-19H,3,14-17H2,1-2H3. The largest absolute Gasteiger partial charge is 0.492 e. The number of carbonyl (C=O) groups is 1. The number of para-hydroxylation sites is 3. The molecule has 206 valence electrons. The van der Waals surface area contributed by atoms with Crippen molar-refractivity contribution in [3.05, 3.63) is 104 Å². The Kier molecular flexibility index (Phi) is 7.81. The summed E-state index contributed by atoms with van der Waals surface area (Å²) in [6, 6.07) is 18.3. The SMILES string of the molecule is CCOc1ccccc1-n1c(C(C)N2CCN(C(=O)c3ccc([N+](=O)[O-])cc3Cl)CC2)nc2ccccc2c1=O. The number of nitro benzene ring substituents is 1. The van der Waals surface area contributed by atoms with Crippen LogP contribution in [0.3, 0.4) is 0 Å². The summed E-state index contributed by atoms with van der Waals surface area (Å²) < 4.78 is 7.49. The smallest absolute Gasteiger partial charge is 0.270 e. The van der Waals surface area contributed by atoms with Crippen LogP contribution in [0.4, 0.5) is 5.69 Å². The van der Waals surface area contributed by atoms with Crippen LogP contribution in [0.5, 0.6) is 5.75 Å². The number of piperazine rings is 1. The van der Waals surface area contributed by atoms with Gasteiger partial charge in [-0.05, 0) is 44.2 Å². The number of halogens is 1. The summed E-state index contributed by atoms with van der Waals surface area (Å²) in [6.07, 6.45) is 0. The second kappa shape index (κ2) is 11.4. The van der Waals surface area contributed by atoms with Crippen LogP contribution in [0, 0.1) is 10.1 Å². The van der Waals surface area contributed by atoms with Crippen LogP contribution in [0.2, 0.25) is 5.02 Å². The molecule has 0 aliphatic carbocycles. The van der Waals surface area contributed by atoms with Crippen molar-refractivity contribution in [1.82, 2.24) is 19.4 Å². The summed E-state index contributed by atoms with van der Waals surface area (Å²) >= 11 is 6.21. The first-order valence-corrected chi connectivity index (χ1v) is 13.4. The molecule has 0 saturated carbocycles. The molecule has 5 rings (SSSR count). The van der Waals surface area contributed by atoms with Gasteiger partial charge in [-0.3, -0.25) is 29.2 Å². The molecule has 1 aromatic heterocycles. The number of aromatic nitrogens is 2. The second-order valence-corrected chi connectivity index (χ2v) is 9.86. The normalized spacial score (nSPS) is 14.7. The fourth-order valence-electron chi connectivity index (χ4n) is 5.02. The van der Waals surface area contributed by atoms with Crippen LogP contribution in [-0.2, 0) is 0 Å². The molecule has 1 unspecified atom stereocenters. The summed E-state index contributed by atoms with van der Waals surface area (Å²) in [7, 11) is 0. The van der Waals surface area contributed by atoms with E-state index in [1.807, 2.05) is 56.3 Å². The number of hydrogen-bond donors (Lipinski definition) is 0. The highest BCUT2D eigenvalue weighted by atomic mass is 35.5. The van der Waals surface area contributed by atoms with E-state index in [4.69, 9.17) is 21.3 Å². The van der Waals surface area contributed by atoms with Gasteiger partial charge < -0.3 is 9.64 Å². The van der Waals surface area contributed by atoms with Gasteiger partial charge in [0.1, 0.15) is 11.6 Å². The van der Waals surface area contributed by atoms with Crippen molar-refractivity contribution in [3.63, 3.8) is 0 Å². The number of nitro groups is 1. The first-order valence-electron chi connectivity index (χ1n) is 13.0. The Bertz CT molecular complexity index is 1650. The number of ether oxygens (including phenoxy) is 1. The molecule has 1 aliphatic rings. The van der Waals surface area contributed by atoms with Crippen LogP contribution in [-0.4, -0.2) is 63.0 Å². The monoisotopic (exact) mass is 561 g/mol. The Morgan fingerprint density at radius 2 is 1.77 bits per heavy atom. The van der Waals surface area contributed by atoms with Gasteiger partial charge in [-0.15, -0.1) is 0 Å². The van der Waals surface area contributed by atoms with E-state index < -0.39 is 4.92 Å². The molecule has 3 aromatic carbocycles. The fourth-order valence-corrected chi connectivity index (χ4v) is 5.27. The maximum absolute atomic E-state index is 13.8. The lowest BCUT2D eigenvalue weighted by atomic mass is 10.1. The molecule has 4 aromatic rings. The lowest BCUT2D eigenvalue weighted by molar-refractivity contribution is -0.384. The van der Waals surface area contributed by atoms with Crippen molar-refractivity contribution < 1.29 is 14.5 Å². The summed E-state index contributed by atoms with van der Waals surface area (Å²) in [4.78, 5) is 46.3. The lowest BCUT2D eigenvalue weighted by Gasteiger charge is -2.38. The second-order valence-electron chi connectivity index (χ2n) is 9.45. The third kappa shape index (κ3) is 5.15. The van der Waals surface area contributed by atoms with E-state index >= 15 is 0 Å². The quantitative estimate of drug-likeness (QED) is 0.234. The molecule has 2 heterocycles. The Labute approximate surface area is 235 Å². The zero-order valence-electron chi connectivity index (χ0n) is 22.1. The minimum absolute atomic E-state index is 0.0485. The highest BCUT2D eigenvalue weighted by molar-refractivity contribution is 6.34. The van der Waals surface area contributed by atoms with Gasteiger partial charge in [0.25, 0.3) is 17.2 Å². The molecule has 1 fully saturated rings. The average Bonchev–Trinajstić information content (AvgIpc) is 2.97. The fraction of sp³-hybridized carbons (Fsp3) is 0.276. The van der Waals surface area contributed by atoms with E-state index in [1.165, 1.54) is 18.2 Å². The van der Waals surface area contributed by atoms with Crippen molar-refractivity contribution in [2.75, 3.05) is 32.8 Å². The molecule has 1 atom stereocenters. The summed E-state index contributed by atoms with van der Waals surface area (Å²) in [5.41, 5.74) is 1.12. The Morgan fingerprint density at radius 1 is 1.07 bits per heavy atom. The number of rotatable bonds is 7. The van der Waals surface area contributed by atoms with E-state index in [0.29, 0.717) is 61.0 Å². The highest BCUT2D eigenvalue weighted by Crippen LogP contribution is 2.29. The predicted octanol–water partition coefficient (Wildman–Crippen LogP) is 4.87. The third-order valence-electron chi connectivity index (χ3n) is 7.12. The van der Waals surface area contributed by atoms with Crippen molar-refractivity contribution >= 4 is 34.1 Å². The van der Waals surface area contributed by atoms with E-state index in [9.17, 15) is 19.7 Å². The molecule has 1 aliphatic heterocycles. The van der Waals surface area contributed by atoms with Crippen LogP contribution in [0.1, 0.15) is 36.1 Å². The van der Waals surface area contributed by atoms with Crippen molar-refractivity contribution in [3.8, 4) is 11.4 Å². The molecule has 1 saturated heterocycles. The molecular formula is C29H28ClN5O5. The topological polar surface area (TPSA) is 111 Å². The van der Waals surface area contributed by atoms with Crippen molar-refractivity contribution in [2.24, 2.45) is 0 Å². The third-order valence-corrected chi connectivity index (χ3v) is 7.44. The van der Waals surface area contributed by atoms with Crippen LogP contribution >= 0.6 is 11.6 Å². The lowest BCUT2D eigenvalue weighted by Crippen LogP contribution is -2.50. The number of amides is 1. The molecule has 11 heteroatoms. The van der Waals surface area contributed by atoms with Gasteiger partial charge >= 0.3 is 0 Å². The molecule has 0 radical (unpaired) electrons. The van der Waals surface area contributed by atoms with Crippen LogP contribution in [0.25, 0.3) is 16.6 Å². The molecule has 10 nitrogen and oxygen atoms in total. The van der Waals surface area contributed by atoms with Crippen LogP contribution < -0.4 is 10.3 Å². The van der Waals surface area contributed by atoms with Gasteiger partial charge in [0, 0.05) is 38.3 Å².